The van der Waals surface area contributed by atoms with Gasteiger partial charge in [-0.1, -0.05) is 12.1 Å². The van der Waals surface area contributed by atoms with Crippen LogP contribution in [0.25, 0.3) is 0 Å². The van der Waals surface area contributed by atoms with E-state index in [4.69, 9.17) is 5.73 Å². The number of hydrogen-bond donors (Lipinski definition) is 1. The summed E-state index contributed by atoms with van der Waals surface area (Å²) in [6, 6.07) is 6.50. The Balaban J connectivity index is 2.35. The number of carbonyl (C=O) groups excluding carboxylic acids is 2. The maximum atomic E-state index is 13.4. The van der Waals surface area contributed by atoms with Crippen LogP contribution in [-0.2, 0) is 14.6 Å². The van der Waals surface area contributed by atoms with Crippen LogP contribution in [0, 0.1) is 5.82 Å². The molecule has 2 aromatic carbocycles. The standard InChI is InChI=1S/C17H14F4N2O4S/c1-23(14(15(22)24)11-3-2-4-12(18)9-11)16(25)10-5-7-13(8-6-10)28(26,27)17(19,20)21/h2-9,14H,1H3,(H2,22,24). The first-order valence-electron chi connectivity index (χ1n) is 7.59. The molecule has 0 bridgehead atoms. The van der Waals surface area contributed by atoms with E-state index in [0.717, 1.165) is 29.2 Å². The average Bonchev–Trinajstić information content (AvgIpc) is 2.60. The maximum absolute atomic E-state index is 13.4. The summed E-state index contributed by atoms with van der Waals surface area (Å²) >= 11 is 0. The summed E-state index contributed by atoms with van der Waals surface area (Å²) in [6.45, 7) is 0. The molecule has 1 unspecified atom stereocenters. The third-order valence-electron chi connectivity index (χ3n) is 3.86. The number of sulfone groups is 1. The lowest BCUT2D eigenvalue weighted by Gasteiger charge is -2.26. The molecule has 0 fully saturated rings. The molecule has 150 valence electrons. The normalized spacial score (nSPS) is 13.0. The smallest absolute Gasteiger partial charge is 0.368 e. The molecule has 2 aromatic rings. The van der Waals surface area contributed by atoms with Gasteiger partial charge in [-0.2, -0.15) is 13.2 Å². The van der Waals surface area contributed by atoms with Gasteiger partial charge in [0.15, 0.2) is 0 Å². The molecule has 1 atom stereocenters. The van der Waals surface area contributed by atoms with Gasteiger partial charge in [-0.25, -0.2) is 12.8 Å². The molecular weight excluding hydrogens is 404 g/mol. The van der Waals surface area contributed by atoms with E-state index in [9.17, 15) is 35.6 Å². The number of halogens is 4. The fourth-order valence-corrected chi connectivity index (χ4v) is 3.25. The Morgan fingerprint density at radius 2 is 1.64 bits per heavy atom. The van der Waals surface area contributed by atoms with Crippen molar-refractivity contribution in [2.45, 2.75) is 16.4 Å². The summed E-state index contributed by atoms with van der Waals surface area (Å²) in [6.07, 6.45) is 0. The topological polar surface area (TPSA) is 97.5 Å². The second-order valence-corrected chi connectivity index (χ2v) is 7.69. The highest BCUT2D eigenvalue weighted by molar-refractivity contribution is 7.92. The van der Waals surface area contributed by atoms with Crippen LogP contribution in [0.5, 0.6) is 0 Å². The summed E-state index contributed by atoms with van der Waals surface area (Å²) in [7, 11) is -4.36. The molecule has 0 heterocycles. The molecule has 6 nitrogen and oxygen atoms in total. The van der Waals surface area contributed by atoms with Crippen molar-refractivity contribution in [3.05, 3.63) is 65.5 Å². The van der Waals surface area contributed by atoms with Crippen LogP contribution in [0.4, 0.5) is 17.6 Å². The average molecular weight is 418 g/mol. The van der Waals surface area contributed by atoms with Gasteiger partial charge in [0.1, 0.15) is 11.9 Å². The van der Waals surface area contributed by atoms with E-state index >= 15 is 0 Å². The molecule has 2 N–H and O–H groups in total. The lowest BCUT2D eigenvalue weighted by atomic mass is 10.0. The number of hydrogen-bond acceptors (Lipinski definition) is 4. The minimum absolute atomic E-state index is 0.0969. The second kappa shape index (κ2) is 7.58. The van der Waals surface area contributed by atoms with Crippen LogP contribution < -0.4 is 5.73 Å². The molecule has 28 heavy (non-hydrogen) atoms. The maximum Gasteiger partial charge on any atom is 0.501 e. The summed E-state index contributed by atoms with van der Waals surface area (Å²) in [5.74, 6) is -2.45. The Kier molecular flexibility index (Phi) is 5.78. The van der Waals surface area contributed by atoms with Crippen LogP contribution in [0.2, 0.25) is 0 Å². The number of likely N-dealkylation sites (N-methyl/N-ethyl adjacent to an activating group) is 1. The van der Waals surface area contributed by atoms with Crippen molar-refractivity contribution in [2.75, 3.05) is 7.05 Å². The minimum Gasteiger partial charge on any atom is -0.368 e. The number of rotatable bonds is 5. The second-order valence-electron chi connectivity index (χ2n) is 5.75. The van der Waals surface area contributed by atoms with Crippen LogP contribution in [0.1, 0.15) is 22.0 Å². The third-order valence-corrected chi connectivity index (χ3v) is 5.36. The molecule has 0 aromatic heterocycles. The lowest BCUT2D eigenvalue weighted by Crippen LogP contribution is -2.39. The molecule has 2 amide bonds. The summed E-state index contributed by atoms with van der Waals surface area (Å²) in [5.41, 5.74) is -0.269. The predicted octanol–water partition coefficient (Wildman–Crippen LogP) is 2.42. The van der Waals surface area contributed by atoms with E-state index < -0.39 is 43.9 Å². The molecule has 0 radical (unpaired) electrons. The zero-order valence-electron chi connectivity index (χ0n) is 14.3. The van der Waals surface area contributed by atoms with Gasteiger partial charge >= 0.3 is 5.51 Å². The van der Waals surface area contributed by atoms with E-state index in [1.54, 1.807) is 0 Å². The Hall–Kier alpha value is -2.95. The first-order valence-corrected chi connectivity index (χ1v) is 9.08. The van der Waals surface area contributed by atoms with E-state index in [1.165, 1.54) is 19.2 Å². The Bertz CT molecular complexity index is 1000. The number of carbonyl (C=O) groups is 2. The first kappa shape index (κ1) is 21.4. The van der Waals surface area contributed by atoms with Gasteiger partial charge in [0.05, 0.1) is 4.90 Å². The molecule has 0 saturated carbocycles. The number of nitrogens with two attached hydrogens (primary N) is 1. The molecule has 0 aliphatic heterocycles. The highest BCUT2D eigenvalue weighted by Crippen LogP contribution is 2.30. The SMILES string of the molecule is CN(C(=O)c1ccc(S(=O)(=O)C(F)(F)F)cc1)C(C(N)=O)c1cccc(F)c1. The number of amides is 2. The molecular formula is C17H14F4N2O4S. The Labute approximate surface area is 157 Å². The van der Waals surface area contributed by atoms with E-state index in [-0.39, 0.29) is 11.1 Å². The van der Waals surface area contributed by atoms with Crippen molar-refractivity contribution < 1.29 is 35.6 Å². The van der Waals surface area contributed by atoms with E-state index in [2.05, 4.69) is 0 Å². The van der Waals surface area contributed by atoms with Gasteiger partial charge < -0.3 is 10.6 Å². The molecule has 0 spiro atoms. The summed E-state index contributed by atoms with van der Waals surface area (Å²) < 4.78 is 73.9. The molecule has 0 aliphatic carbocycles. The summed E-state index contributed by atoms with van der Waals surface area (Å²) in [4.78, 5) is 24.2. The molecule has 0 saturated heterocycles. The van der Waals surface area contributed by atoms with Crippen molar-refractivity contribution >= 4 is 21.7 Å². The van der Waals surface area contributed by atoms with Crippen LogP contribution in [0.3, 0.4) is 0 Å². The minimum atomic E-state index is -5.56. The number of primary amides is 1. The van der Waals surface area contributed by atoms with Gasteiger partial charge in [-0.05, 0) is 42.0 Å². The highest BCUT2D eigenvalue weighted by atomic mass is 32.2. The summed E-state index contributed by atoms with van der Waals surface area (Å²) in [5, 5.41) is 0. The number of alkyl halides is 3. The van der Waals surface area contributed by atoms with Gasteiger partial charge in [0.2, 0.25) is 5.91 Å². The first-order chi connectivity index (χ1) is 12.9. The van der Waals surface area contributed by atoms with E-state index in [1.807, 2.05) is 0 Å². The Morgan fingerprint density at radius 3 is 2.11 bits per heavy atom. The monoisotopic (exact) mass is 418 g/mol. The highest BCUT2D eigenvalue weighted by Gasteiger charge is 2.46. The van der Waals surface area contributed by atoms with Gasteiger partial charge in [-0.3, -0.25) is 9.59 Å². The Morgan fingerprint density at radius 1 is 1.07 bits per heavy atom. The van der Waals surface area contributed by atoms with Gasteiger partial charge in [0.25, 0.3) is 15.7 Å². The molecule has 11 heteroatoms. The zero-order chi connectivity index (χ0) is 21.3. The zero-order valence-corrected chi connectivity index (χ0v) is 15.1. The quantitative estimate of drug-likeness (QED) is 0.754. The van der Waals surface area contributed by atoms with Crippen molar-refractivity contribution in [3.63, 3.8) is 0 Å². The number of nitrogens with zero attached hydrogens (tertiary/aromatic N) is 1. The third kappa shape index (κ3) is 4.14. The fraction of sp³-hybridized carbons (Fsp3) is 0.176. The predicted molar refractivity (Wildman–Crippen MR) is 90.1 cm³/mol. The number of benzene rings is 2. The van der Waals surface area contributed by atoms with Crippen LogP contribution >= 0.6 is 0 Å². The van der Waals surface area contributed by atoms with Crippen molar-refractivity contribution in [3.8, 4) is 0 Å². The van der Waals surface area contributed by atoms with Crippen molar-refractivity contribution in [1.82, 2.24) is 4.90 Å². The molecule has 2 rings (SSSR count). The largest absolute Gasteiger partial charge is 0.501 e. The van der Waals surface area contributed by atoms with Gasteiger partial charge in [0, 0.05) is 12.6 Å². The van der Waals surface area contributed by atoms with E-state index in [0.29, 0.717) is 12.1 Å². The van der Waals surface area contributed by atoms with Crippen molar-refractivity contribution in [2.24, 2.45) is 5.73 Å². The lowest BCUT2D eigenvalue weighted by molar-refractivity contribution is -0.122. The van der Waals surface area contributed by atoms with Crippen molar-refractivity contribution in [1.29, 1.82) is 0 Å². The fourth-order valence-electron chi connectivity index (χ4n) is 2.49. The van der Waals surface area contributed by atoms with Crippen LogP contribution in [-0.4, -0.2) is 37.7 Å². The van der Waals surface area contributed by atoms with Gasteiger partial charge in [-0.15, -0.1) is 0 Å². The molecule has 0 aliphatic rings. The van der Waals surface area contributed by atoms with Crippen LogP contribution in [0.15, 0.2) is 53.4 Å².